The Hall–Kier alpha value is -2.66. The van der Waals surface area contributed by atoms with Crippen molar-refractivity contribution in [3.63, 3.8) is 0 Å². The van der Waals surface area contributed by atoms with Gasteiger partial charge in [0.2, 0.25) is 17.6 Å². The molecule has 2 heterocycles. The molecule has 0 N–H and O–H groups in total. The van der Waals surface area contributed by atoms with Crippen LogP contribution in [0.25, 0.3) is 11.4 Å². The minimum Gasteiger partial charge on any atom is -0.339 e. The molecular weight excluding hydrogens is 338 g/mol. The van der Waals surface area contributed by atoms with Crippen LogP contribution in [0.5, 0.6) is 0 Å². The lowest BCUT2D eigenvalue weighted by Crippen LogP contribution is -2.24. The summed E-state index contributed by atoms with van der Waals surface area (Å²) in [5.74, 6) is 0.958. The summed E-state index contributed by atoms with van der Waals surface area (Å²) in [4.78, 5) is 18.6. The van der Waals surface area contributed by atoms with Crippen LogP contribution in [0.3, 0.4) is 0 Å². The first-order chi connectivity index (χ1) is 12.2. The van der Waals surface area contributed by atoms with Gasteiger partial charge in [-0.05, 0) is 17.7 Å². The lowest BCUT2D eigenvalue weighted by molar-refractivity contribution is -0.128. The molecule has 1 saturated heterocycles. The van der Waals surface area contributed by atoms with Crippen molar-refractivity contribution in [2.24, 2.45) is 0 Å². The first-order valence-corrected chi connectivity index (χ1v) is 8.48. The number of rotatable bonds is 4. The highest BCUT2D eigenvalue weighted by Crippen LogP contribution is 2.31. The number of halogens is 1. The number of hydrogen-bond acceptors (Lipinski definition) is 4. The molecule has 25 heavy (non-hydrogen) atoms. The molecule has 3 aromatic rings. The van der Waals surface area contributed by atoms with Crippen LogP contribution in [0, 0.1) is 0 Å². The average molecular weight is 354 g/mol. The molecule has 0 bridgehead atoms. The van der Waals surface area contributed by atoms with E-state index in [-0.39, 0.29) is 11.8 Å². The van der Waals surface area contributed by atoms with Crippen molar-refractivity contribution in [3.8, 4) is 11.4 Å². The van der Waals surface area contributed by atoms with Gasteiger partial charge in [-0.15, -0.1) is 0 Å². The molecule has 0 radical (unpaired) electrons. The minimum atomic E-state index is -0.0834. The lowest BCUT2D eigenvalue weighted by atomic mass is 10.1. The van der Waals surface area contributed by atoms with Gasteiger partial charge in [0.1, 0.15) is 0 Å². The third-order valence-electron chi connectivity index (χ3n) is 4.34. The summed E-state index contributed by atoms with van der Waals surface area (Å²) in [5.41, 5.74) is 1.84. The monoisotopic (exact) mass is 353 g/mol. The van der Waals surface area contributed by atoms with Crippen LogP contribution in [0.1, 0.15) is 23.8 Å². The number of hydrogen-bond donors (Lipinski definition) is 0. The van der Waals surface area contributed by atoms with Crippen LogP contribution < -0.4 is 0 Å². The summed E-state index contributed by atoms with van der Waals surface area (Å²) < 4.78 is 5.41. The van der Waals surface area contributed by atoms with Gasteiger partial charge in [-0.25, -0.2) is 0 Å². The summed E-state index contributed by atoms with van der Waals surface area (Å²) in [5, 5.41) is 4.60. The molecule has 1 fully saturated rings. The predicted octanol–water partition coefficient (Wildman–Crippen LogP) is 3.91. The molecule has 1 amide bonds. The smallest absolute Gasteiger partial charge is 0.232 e. The quantitative estimate of drug-likeness (QED) is 0.713. The Labute approximate surface area is 150 Å². The standard InChI is InChI=1S/C19H16ClN3O2/c20-16-9-5-4-8-15(16)18-21-19(25-22-18)14-10-17(24)23(12-14)11-13-6-2-1-3-7-13/h1-9,14H,10-12H2. The van der Waals surface area contributed by atoms with E-state index < -0.39 is 0 Å². The summed E-state index contributed by atoms with van der Waals surface area (Å²) in [6.45, 7) is 1.18. The fraction of sp³-hybridized carbons (Fsp3) is 0.211. The highest BCUT2D eigenvalue weighted by Gasteiger charge is 2.34. The fourth-order valence-corrected chi connectivity index (χ4v) is 3.27. The Morgan fingerprint density at radius 2 is 1.88 bits per heavy atom. The highest BCUT2D eigenvalue weighted by molar-refractivity contribution is 6.33. The first-order valence-electron chi connectivity index (χ1n) is 8.11. The van der Waals surface area contributed by atoms with E-state index >= 15 is 0 Å². The van der Waals surface area contributed by atoms with Crippen LogP contribution in [0.2, 0.25) is 5.02 Å². The van der Waals surface area contributed by atoms with Crippen molar-refractivity contribution >= 4 is 17.5 Å². The molecule has 0 saturated carbocycles. The van der Waals surface area contributed by atoms with Gasteiger partial charge in [0.05, 0.1) is 10.9 Å². The molecule has 126 valence electrons. The Bertz CT molecular complexity index is 894. The molecule has 5 nitrogen and oxygen atoms in total. The van der Waals surface area contributed by atoms with E-state index in [4.69, 9.17) is 16.1 Å². The summed E-state index contributed by atoms with van der Waals surface area (Å²) in [6.07, 6.45) is 0.386. The van der Waals surface area contributed by atoms with Crippen LogP contribution in [0.4, 0.5) is 0 Å². The number of likely N-dealkylation sites (tertiary alicyclic amines) is 1. The lowest BCUT2D eigenvalue weighted by Gasteiger charge is -2.15. The second-order valence-electron chi connectivity index (χ2n) is 6.10. The minimum absolute atomic E-state index is 0.0834. The zero-order chi connectivity index (χ0) is 17.2. The average Bonchev–Trinajstić information content (AvgIpc) is 3.24. The van der Waals surface area contributed by atoms with Crippen LogP contribution in [0.15, 0.2) is 59.1 Å². The van der Waals surface area contributed by atoms with Gasteiger partial charge >= 0.3 is 0 Å². The van der Waals surface area contributed by atoms with E-state index in [1.54, 1.807) is 6.07 Å². The number of benzene rings is 2. The van der Waals surface area contributed by atoms with Gasteiger partial charge in [0.25, 0.3) is 0 Å². The molecule has 6 heteroatoms. The highest BCUT2D eigenvalue weighted by atomic mass is 35.5. The van der Waals surface area contributed by atoms with Crippen molar-refractivity contribution in [3.05, 3.63) is 71.1 Å². The van der Waals surface area contributed by atoms with Crippen LogP contribution >= 0.6 is 11.6 Å². The number of aromatic nitrogens is 2. The van der Waals surface area contributed by atoms with E-state index in [1.165, 1.54) is 0 Å². The maximum atomic E-state index is 12.3. The Balaban J connectivity index is 1.50. The molecule has 1 atom stereocenters. The second kappa shape index (κ2) is 6.69. The van der Waals surface area contributed by atoms with E-state index in [0.29, 0.717) is 36.2 Å². The first kappa shape index (κ1) is 15.8. The van der Waals surface area contributed by atoms with E-state index in [9.17, 15) is 4.79 Å². The van der Waals surface area contributed by atoms with Gasteiger partial charge in [-0.3, -0.25) is 4.79 Å². The summed E-state index contributed by atoms with van der Waals surface area (Å²) in [7, 11) is 0. The van der Waals surface area contributed by atoms with E-state index in [2.05, 4.69) is 10.1 Å². The topological polar surface area (TPSA) is 59.2 Å². The predicted molar refractivity (Wildman–Crippen MR) is 94.0 cm³/mol. The normalized spacial score (nSPS) is 17.2. The van der Waals surface area contributed by atoms with Crippen molar-refractivity contribution in [2.75, 3.05) is 6.54 Å². The van der Waals surface area contributed by atoms with Gasteiger partial charge < -0.3 is 9.42 Å². The Kier molecular flexibility index (Phi) is 4.24. The van der Waals surface area contributed by atoms with Crippen molar-refractivity contribution < 1.29 is 9.32 Å². The second-order valence-corrected chi connectivity index (χ2v) is 6.50. The van der Waals surface area contributed by atoms with Crippen molar-refractivity contribution in [1.29, 1.82) is 0 Å². The van der Waals surface area contributed by atoms with Gasteiger partial charge in [-0.2, -0.15) is 4.98 Å². The molecular formula is C19H16ClN3O2. The van der Waals surface area contributed by atoms with Crippen molar-refractivity contribution in [1.82, 2.24) is 15.0 Å². The van der Waals surface area contributed by atoms with Gasteiger partial charge in [0, 0.05) is 25.1 Å². The zero-order valence-corrected chi connectivity index (χ0v) is 14.2. The number of carbonyl (C=O) groups excluding carboxylic acids is 1. The molecule has 4 rings (SSSR count). The largest absolute Gasteiger partial charge is 0.339 e. The molecule has 1 unspecified atom stereocenters. The molecule has 1 aliphatic rings. The molecule has 2 aromatic carbocycles. The van der Waals surface area contributed by atoms with E-state index in [1.807, 2.05) is 53.4 Å². The Morgan fingerprint density at radius 1 is 1.12 bits per heavy atom. The Morgan fingerprint density at radius 3 is 2.68 bits per heavy atom. The van der Waals surface area contributed by atoms with Gasteiger partial charge in [0.15, 0.2) is 0 Å². The van der Waals surface area contributed by atoms with E-state index in [0.717, 1.165) is 11.1 Å². The summed E-state index contributed by atoms with van der Waals surface area (Å²) in [6, 6.07) is 17.3. The van der Waals surface area contributed by atoms with Crippen LogP contribution in [-0.2, 0) is 11.3 Å². The molecule has 0 spiro atoms. The number of amides is 1. The molecule has 1 aliphatic heterocycles. The van der Waals surface area contributed by atoms with Crippen molar-refractivity contribution in [2.45, 2.75) is 18.9 Å². The maximum Gasteiger partial charge on any atom is 0.232 e. The van der Waals surface area contributed by atoms with Crippen LogP contribution in [-0.4, -0.2) is 27.5 Å². The number of carbonyl (C=O) groups is 1. The third-order valence-corrected chi connectivity index (χ3v) is 4.67. The maximum absolute atomic E-state index is 12.3. The number of nitrogens with zero attached hydrogens (tertiary/aromatic N) is 3. The zero-order valence-electron chi connectivity index (χ0n) is 13.4. The van der Waals surface area contributed by atoms with Gasteiger partial charge in [-0.1, -0.05) is 59.2 Å². The SMILES string of the molecule is O=C1CC(c2nc(-c3ccccc3Cl)no2)CN1Cc1ccccc1. The molecule has 0 aliphatic carbocycles. The fourth-order valence-electron chi connectivity index (χ4n) is 3.05. The third kappa shape index (κ3) is 3.28. The molecule has 1 aromatic heterocycles. The summed E-state index contributed by atoms with van der Waals surface area (Å²) >= 11 is 6.18.